The Labute approximate surface area is 111 Å². The molecule has 0 amide bonds. The Hall–Kier alpha value is -1.05. The normalized spacial score (nSPS) is 12.4. The second-order valence-electron chi connectivity index (χ2n) is 4.25. The fourth-order valence-corrected chi connectivity index (χ4v) is 3.42. The van der Waals surface area contributed by atoms with Crippen molar-refractivity contribution in [1.82, 2.24) is 4.31 Å². The maximum absolute atomic E-state index is 12.4. The molecule has 7 heteroatoms. The number of sulfonamides is 1. The zero-order chi connectivity index (χ0) is 14.6. The van der Waals surface area contributed by atoms with Gasteiger partial charge in [0.2, 0.25) is 10.0 Å². The predicted molar refractivity (Wildman–Crippen MR) is 67.8 cm³/mol. The number of hydrogen-bond acceptors (Lipinski definition) is 3. The highest BCUT2D eigenvalue weighted by atomic mass is 32.2. The number of alkyl halides is 2. The lowest BCUT2D eigenvalue weighted by Gasteiger charge is -2.22. The highest BCUT2D eigenvalue weighted by molar-refractivity contribution is 7.89. The molecule has 1 N–H and O–H groups in total. The minimum Gasteiger partial charge on any atom is -0.395 e. The number of aryl methyl sites for hydroxylation is 2. The van der Waals surface area contributed by atoms with E-state index in [4.69, 9.17) is 5.11 Å². The molecule has 0 saturated carbocycles. The first-order valence-corrected chi connectivity index (χ1v) is 7.19. The Morgan fingerprint density at radius 1 is 1.32 bits per heavy atom. The monoisotopic (exact) mass is 293 g/mol. The molecule has 108 valence electrons. The molecule has 0 aliphatic heterocycles. The van der Waals surface area contributed by atoms with E-state index >= 15 is 0 Å². The summed E-state index contributed by atoms with van der Waals surface area (Å²) in [5, 5.41) is 8.82. The Morgan fingerprint density at radius 2 is 1.95 bits per heavy atom. The quantitative estimate of drug-likeness (QED) is 0.866. The van der Waals surface area contributed by atoms with E-state index in [0.29, 0.717) is 9.87 Å². The number of halogens is 2. The van der Waals surface area contributed by atoms with Gasteiger partial charge in [0, 0.05) is 6.54 Å². The molecule has 0 fully saturated rings. The van der Waals surface area contributed by atoms with Crippen molar-refractivity contribution < 1.29 is 22.3 Å². The molecule has 4 nitrogen and oxygen atoms in total. The lowest BCUT2D eigenvalue weighted by atomic mass is 10.2. The third-order valence-electron chi connectivity index (χ3n) is 2.64. The highest BCUT2D eigenvalue weighted by Gasteiger charge is 2.28. The Morgan fingerprint density at radius 3 is 2.42 bits per heavy atom. The molecular formula is C12H17F2NO3S. The van der Waals surface area contributed by atoms with Crippen LogP contribution in [0.4, 0.5) is 8.78 Å². The number of aliphatic hydroxyl groups is 1. The summed E-state index contributed by atoms with van der Waals surface area (Å²) < 4.78 is 50.0. The first kappa shape index (κ1) is 16.0. The van der Waals surface area contributed by atoms with E-state index in [-0.39, 0.29) is 11.4 Å². The van der Waals surface area contributed by atoms with E-state index < -0.39 is 29.6 Å². The lowest BCUT2D eigenvalue weighted by Crippen LogP contribution is -2.37. The molecule has 0 aliphatic rings. The number of nitrogens with zero attached hydrogens (tertiary/aromatic N) is 1. The standard InChI is InChI=1S/C12H17F2NO3S/c1-9-3-4-11(10(2)7-9)19(17,18)15(5-6-16)8-12(13)14/h3-4,7,12,16H,5-6,8H2,1-2H3. The van der Waals surface area contributed by atoms with Crippen LogP contribution in [0, 0.1) is 13.8 Å². The van der Waals surface area contributed by atoms with Crippen molar-refractivity contribution in [3.05, 3.63) is 29.3 Å². The maximum Gasteiger partial charge on any atom is 0.252 e. The molecule has 0 aromatic heterocycles. The van der Waals surface area contributed by atoms with Crippen molar-refractivity contribution in [2.75, 3.05) is 19.7 Å². The van der Waals surface area contributed by atoms with E-state index in [9.17, 15) is 17.2 Å². The summed E-state index contributed by atoms with van der Waals surface area (Å²) in [6.07, 6.45) is -2.79. The maximum atomic E-state index is 12.4. The van der Waals surface area contributed by atoms with Crippen molar-refractivity contribution in [3.8, 4) is 0 Å². The zero-order valence-electron chi connectivity index (χ0n) is 10.8. The van der Waals surface area contributed by atoms with Crippen LogP contribution in [0.25, 0.3) is 0 Å². The van der Waals surface area contributed by atoms with Gasteiger partial charge < -0.3 is 5.11 Å². The summed E-state index contributed by atoms with van der Waals surface area (Å²) in [7, 11) is -4.01. The van der Waals surface area contributed by atoms with Gasteiger partial charge in [0.15, 0.2) is 0 Å². The molecule has 0 spiro atoms. The Bertz CT molecular complexity index is 532. The van der Waals surface area contributed by atoms with Crippen LogP contribution in [0.5, 0.6) is 0 Å². The van der Waals surface area contributed by atoms with Gasteiger partial charge in [-0.05, 0) is 25.5 Å². The largest absolute Gasteiger partial charge is 0.395 e. The molecule has 1 aromatic carbocycles. The molecule has 0 atom stereocenters. The van der Waals surface area contributed by atoms with Crippen LogP contribution in [0.3, 0.4) is 0 Å². The topological polar surface area (TPSA) is 57.6 Å². The molecule has 0 saturated heterocycles. The van der Waals surface area contributed by atoms with Gasteiger partial charge >= 0.3 is 0 Å². The minimum atomic E-state index is -4.01. The zero-order valence-corrected chi connectivity index (χ0v) is 11.6. The molecule has 1 aromatic rings. The second-order valence-corrected chi connectivity index (χ2v) is 6.15. The van der Waals surface area contributed by atoms with Crippen LogP contribution in [0.15, 0.2) is 23.1 Å². The van der Waals surface area contributed by atoms with E-state index in [1.165, 1.54) is 6.07 Å². The van der Waals surface area contributed by atoms with Gasteiger partial charge in [0.1, 0.15) is 0 Å². The molecule has 19 heavy (non-hydrogen) atoms. The first-order valence-electron chi connectivity index (χ1n) is 5.75. The number of hydrogen-bond donors (Lipinski definition) is 1. The number of benzene rings is 1. The van der Waals surface area contributed by atoms with E-state index in [2.05, 4.69) is 0 Å². The van der Waals surface area contributed by atoms with Crippen molar-refractivity contribution >= 4 is 10.0 Å². The molecule has 0 heterocycles. The van der Waals surface area contributed by atoms with E-state index in [1.807, 2.05) is 6.92 Å². The first-order chi connectivity index (χ1) is 8.78. The molecule has 0 aliphatic carbocycles. The number of rotatable bonds is 6. The molecule has 0 radical (unpaired) electrons. The molecule has 0 unspecified atom stereocenters. The molecular weight excluding hydrogens is 276 g/mol. The van der Waals surface area contributed by atoms with Gasteiger partial charge in [-0.25, -0.2) is 17.2 Å². The lowest BCUT2D eigenvalue weighted by molar-refractivity contribution is 0.113. The molecule has 1 rings (SSSR count). The van der Waals surface area contributed by atoms with E-state index in [1.54, 1.807) is 19.1 Å². The predicted octanol–water partition coefficient (Wildman–Crippen LogP) is 1.55. The Balaban J connectivity index is 3.18. The van der Waals surface area contributed by atoms with Crippen LogP contribution in [-0.2, 0) is 10.0 Å². The smallest absolute Gasteiger partial charge is 0.252 e. The van der Waals surface area contributed by atoms with Crippen LogP contribution in [-0.4, -0.2) is 44.0 Å². The van der Waals surface area contributed by atoms with Crippen LogP contribution >= 0.6 is 0 Å². The third kappa shape index (κ3) is 3.95. The van der Waals surface area contributed by atoms with Gasteiger partial charge in [0.05, 0.1) is 18.0 Å². The summed E-state index contributed by atoms with van der Waals surface area (Å²) in [5.74, 6) is 0. The fourth-order valence-electron chi connectivity index (χ4n) is 1.80. The van der Waals surface area contributed by atoms with Crippen molar-refractivity contribution in [3.63, 3.8) is 0 Å². The number of aliphatic hydroxyl groups excluding tert-OH is 1. The summed E-state index contributed by atoms with van der Waals surface area (Å²) in [4.78, 5) is -0.00722. The SMILES string of the molecule is Cc1ccc(S(=O)(=O)N(CCO)CC(F)F)c(C)c1. The van der Waals surface area contributed by atoms with Gasteiger partial charge in [-0.15, -0.1) is 0 Å². The van der Waals surface area contributed by atoms with Gasteiger partial charge in [-0.2, -0.15) is 4.31 Å². The summed E-state index contributed by atoms with van der Waals surface area (Å²) in [6, 6.07) is 4.68. The average Bonchev–Trinajstić information content (AvgIpc) is 2.27. The van der Waals surface area contributed by atoms with Gasteiger partial charge in [0.25, 0.3) is 6.43 Å². The summed E-state index contributed by atoms with van der Waals surface area (Å²) in [5.41, 5.74) is 1.39. The van der Waals surface area contributed by atoms with Crippen molar-refractivity contribution in [2.24, 2.45) is 0 Å². The van der Waals surface area contributed by atoms with Crippen LogP contribution in [0.1, 0.15) is 11.1 Å². The van der Waals surface area contributed by atoms with Gasteiger partial charge in [-0.1, -0.05) is 17.7 Å². The second kappa shape index (κ2) is 6.40. The van der Waals surface area contributed by atoms with E-state index in [0.717, 1.165) is 5.56 Å². The summed E-state index contributed by atoms with van der Waals surface area (Å²) in [6.45, 7) is 1.65. The highest BCUT2D eigenvalue weighted by Crippen LogP contribution is 2.21. The third-order valence-corrected chi connectivity index (χ3v) is 4.66. The minimum absolute atomic E-state index is 0.00722. The average molecular weight is 293 g/mol. The molecule has 0 bridgehead atoms. The van der Waals surface area contributed by atoms with Crippen molar-refractivity contribution in [2.45, 2.75) is 25.2 Å². The van der Waals surface area contributed by atoms with Crippen molar-refractivity contribution in [1.29, 1.82) is 0 Å². The fraction of sp³-hybridized carbons (Fsp3) is 0.500. The van der Waals surface area contributed by atoms with Gasteiger partial charge in [-0.3, -0.25) is 0 Å². The van der Waals surface area contributed by atoms with Crippen LogP contribution < -0.4 is 0 Å². The Kier molecular flexibility index (Phi) is 5.39. The van der Waals surface area contributed by atoms with Crippen LogP contribution in [0.2, 0.25) is 0 Å². The summed E-state index contributed by atoms with van der Waals surface area (Å²) >= 11 is 0.